The maximum atomic E-state index is 11.7. The zero-order valence-corrected chi connectivity index (χ0v) is 11.8. The lowest BCUT2D eigenvalue weighted by atomic mass is 10.2. The summed E-state index contributed by atoms with van der Waals surface area (Å²) in [5.41, 5.74) is 5.92. The van der Waals surface area contributed by atoms with E-state index >= 15 is 0 Å². The number of amides is 1. The summed E-state index contributed by atoms with van der Waals surface area (Å²) in [7, 11) is 0. The highest BCUT2D eigenvalue weighted by Gasteiger charge is 2.28. The van der Waals surface area contributed by atoms with E-state index in [4.69, 9.17) is 15.2 Å². The largest absolute Gasteiger partial charge is 0.490 e. The third kappa shape index (κ3) is 4.42. The molecule has 5 heteroatoms. The summed E-state index contributed by atoms with van der Waals surface area (Å²) < 4.78 is 10.9. The highest BCUT2D eigenvalue weighted by molar-refractivity contribution is 5.77. The van der Waals surface area contributed by atoms with E-state index in [9.17, 15) is 4.79 Å². The fourth-order valence-corrected chi connectivity index (χ4v) is 1.96. The Morgan fingerprint density at radius 3 is 2.60 bits per heavy atom. The van der Waals surface area contributed by atoms with Gasteiger partial charge in [-0.3, -0.25) is 4.79 Å². The monoisotopic (exact) mass is 278 g/mol. The first kappa shape index (κ1) is 14.7. The van der Waals surface area contributed by atoms with Crippen molar-refractivity contribution in [3.05, 3.63) is 24.3 Å². The minimum absolute atomic E-state index is 0.0263. The topological polar surface area (TPSA) is 73.6 Å². The highest BCUT2D eigenvalue weighted by atomic mass is 16.5. The van der Waals surface area contributed by atoms with Gasteiger partial charge in [0.1, 0.15) is 0 Å². The Kier molecular flexibility index (Phi) is 5.24. The van der Waals surface area contributed by atoms with Crippen LogP contribution in [-0.2, 0) is 4.79 Å². The first-order chi connectivity index (χ1) is 9.70. The van der Waals surface area contributed by atoms with Gasteiger partial charge in [-0.2, -0.15) is 0 Å². The molecule has 0 heterocycles. The minimum Gasteiger partial charge on any atom is -0.490 e. The molecule has 110 valence electrons. The molecule has 1 aromatic carbocycles. The number of carbonyl (C=O) groups is 1. The molecule has 1 amide bonds. The molecule has 1 unspecified atom stereocenters. The van der Waals surface area contributed by atoms with E-state index in [0.717, 1.165) is 0 Å². The van der Waals surface area contributed by atoms with Crippen LogP contribution in [-0.4, -0.2) is 31.7 Å². The van der Waals surface area contributed by atoms with Gasteiger partial charge in [0.25, 0.3) is 5.91 Å². The van der Waals surface area contributed by atoms with Crippen molar-refractivity contribution in [2.75, 3.05) is 19.8 Å². The predicted molar refractivity (Wildman–Crippen MR) is 76.8 cm³/mol. The lowest BCUT2D eigenvalue weighted by molar-refractivity contribution is -0.123. The molecule has 0 aromatic heterocycles. The molecule has 5 nitrogen and oxygen atoms in total. The lowest BCUT2D eigenvalue weighted by Gasteiger charge is -2.13. The number of ether oxygens (including phenoxy) is 2. The first-order valence-corrected chi connectivity index (χ1v) is 7.07. The molecule has 0 aliphatic heterocycles. The van der Waals surface area contributed by atoms with Crippen LogP contribution in [0.1, 0.15) is 19.8 Å². The van der Waals surface area contributed by atoms with Crippen LogP contribution in [0.4, 0.5) is 0 Å². The smallest absolute Gasteiger partial charge is 0.257 e. The molecule has 1 aliphatic rings. The van der Waals surface area contributed by atoms with Gasteiger partial charge in [-0.15, -0.1) is 0 Å². The van der Waals surface area contributed by atoms with Crippen molar-refractivity contribution in [1.29, 1.82) is 0 Å². The van der Waals surface area contributed by atoms with Crippen molar-refractivity contribution in [3.8, 4) is 11.5 Å². The molecule has 0 saturated heterocycles. The second kappa shape index (κ2) is 7.14. The zero-order chi connectivity index (χ0) is 14.4. The molecule has 3 N–H and O–H groups in total. The number of carbonyl (C=O) groups excluding carboxylic acids is 1. The maximum Gasteiger partial charge on any atom is 0.257 e. The average Bonchev–Trinajstić information content (AvgIpc) is 3.29. The Balaban J connectivity index is 1.74. The van der Waals surface area contributed by atoms with E-state index in [1.165, 1.54) is 12.8 Å². The van der Waals surface area contributed by atoms with Crippen LogP contribution in [0.15, 0.2) is 24.3 Å². The molecular formula is C15H22N2O3. The van der Waals surface area contributed by atoms with E-state index in [0.29, 0.717) is 30.6 Å². The van der Waals surface area contributed by atoms with Crippen molar-refractivity contribution >= 4 is 5.91 Å². The molecule has 1 saturated carbocycles. The third-order valence-corrected chi connectivity index (χ3v) is 3.27. The molecule has 20 heavy (non-hydrogen) atoms. The van der Waals surface area contributed by atoms with Crippen LogP contribution in [0.2, 0.25) is 0 Å². The van der Waals surface area contributed by atoms with E-state index in [2.05, 4.69) is 5.32 Å². The van der Waals surface area contributed by atoms with Gasteiger partial charge in [-0.25, -0.2) is 0 Å². The Morgan fingerprint density at radius 2 is 2.00 bits per heavy atom. The summed E-state index contributed by atoms with van der Waals surface area (Å²) in [6.45, 7) is 2.95. The number of hydrogen-bond donors (Lipinski definition) is 2. The van der Waals surface area contributed by atoms with Gasteiger partial charge in [0.05, 0.1) is 6.61 Å². The molecule has 1 aliphatic carbocycles. The maximum absolute atomic E-state index is 11.7. The van der Waals surface area contributed by atoms with Crippen LogP contribution in [0, 0.1) is 5.92 Å². The SMILES string of the molecule is CCOc1ccccc1OCC(=O)NCC(N)C1CC1. The number of para-hydroxylation sites is 2. The normalized spacial score (nSPS) is 15.5. The average molecular weight is 278 g/mol. The van der Waals surface area contributed by atoms with Gasteiger partial charge in [0.15, 0.2) is 18.1 Å². The van der Waals surface area contributed by atoms with Crippen molar-refractivity contribution < 1.29 is 14.3 Å². The van der Waals surface area contributed by atoms with Crippen molar-refractivity contribution in [3.63, 3.8) is 0 Å². The van der Waals surface area contributed by atoms with Crippen LogP contribution in [0.5, 0.6) is 11.5 Å². The Morgan fingerprint density at radius 1 is 1.35 bits per heavy atom. The standard InChI is InChI=1S/C15H22N2O3/c1-2-19-13-5-3-4-6-14(13)20-10-15(18)17-9-12(16)11-7-8-11/h3-6,11-12H,2,7-10,16H2,1H3,(H,17,18). The highest BCUT2D eigenvalue weighted by Crippen LogP contribution is 2.31. The van der Waals surface area contributed by atoms with Crippen LogP contribution in [0.3, 0.4) is 0 Å². The molecule has 2 rings (SSSR count). The summed E-state index contributed by atoms with van der Waals surface area (Å²) in [6, 6.07) is 7.38. The second-order valence-electron chi connectivity index (χ2n) is 4.97. The summed E-state index contributed by atoms with van der Waals surface area (Å²) in [6.07, 6.45) is 2.35. The minimum atomic E-state index is -0.160. The number of rotatable bonds is 8. The zero-order valence-electron chi connectivity index (χ0n) is 11.8. The van der Waals surface area contributed by atoms with Gasteiger partial charge in [-0.05, 0) is 37.8 Å². The van der Waals surface area contributed by atoms with E-state index < -0.39 is 0 Å². The van der Waals surface area contributed by atoms with E-state index in [-0.39, 0.29) is 18.6 Å². The lowest BCUT2D eigenvalue weighted by Crippen LogP contribution is -2.40. The molecule has 0 spiro atoms. The Hall–Kier alpha value is -1.75. The fraction of sp³-hybridized carbons (Fsp3) is 0.533. The van der Waals surface area contributed by atoms with Gasteiger partial charge < -0.3 is 20.5 Å². The second-order valence-corrected chi connectivity index (χ2v) is 4.97. The number of benzene rings is 1. The summed E-state index contributed by atoms with van der Waals surface area (Å²) >= 11 is 0. The van der Waals surface area contributed by atoms with Crippen LogP contribution in [0.25, 0.3) is 0 Å². The molecule has 1 fully saturated rings. The third-order valence-electron chi connectivity index (χ3n) is 3.27. The summed E-state index contributed by atoms with van der Waals surface area (Å²) in [5.74, 6) is 1.65. The first-order valence-electron chi connectivity index (χ1n) is 7.07. The van der Waals surface area contributed by atoms with Crippen LogP contribution < -0.4 is 20.5 Å². The summed E-state index contributed by atoms with van der Waals surface area (Å²) in [5, 5.41) is 2.80. The Labute approximate surface area is 119 Å². The Bertz CT molecular complexity index is 446. The predicted octanol–water partition coefficient (Wildman–Crippen LogP) is 1.32. The quantitative estimate of drug-likeness (QED) is 0.752. The molecule has 0 bridgehead atoms. The van der Waals surface area contributed by atoms with Gasteiger partial charge >= 0.3 is 0 Å². The number of hydrogen-bond acceptors (Lipinski definition) is 4. The summed E-state index contributed by atoms with van der Waals surface area (Å²) in [4.78, 5) is 11.7. The molecule has 0 radical (unpaired) electrons. The fourth-order valence-electron chi connectivity index (χ4n) is 1.96. The number of nitrogens with one attached hydrogen (secondary N) is 1. The molecule has 1 aromatic rings. The van der Waals surface area contributed by atoms with E-state index in [1.54, 1.807) is 6.07 Å². The molecule has 1 atom stereocenters. The van der Waals surface area contributed by atoms with Crippen LogP contribution >= 0.6 is 0 Å². The van der Waals surface area contributed by atoms with Crippen molar-refractivity contribution in [2.45, 2.75) is 25.8 Å². The van der Waals surface area contributed by atoms with Gasteiger partial charge in [0, 0.05) is 12.6 Å². The van der Waals surface area contributed by atoms with Crippen molar-refractivity contribution in [1.82, 2.24) is 5.32 Å². The van der Waals surface area contributed by atoms with Crippen molar-refractivity contribution in [2.24, 2.45) is 11.7 Å². The van der Waals surface area contributed by atoms with Gasteiger partial charge in [0.2, 0.25) is 0 Å². The molecular weight excluding hydrogens is 256 g/mol. The van der Waals surface area contributed by atoms with Gasteiger partial charge in [-0.1, -0.05) is 12.1 Å². The van der Waals surface area contributed by atoms with E-state index in [1.807, 2.05) is 25.1 Å². The number of nitrogens with two attached hydrogens (primary N) is 1.